The SMILES string of the molecule is Fc1cc(C#Cc2ccc(OCC3=CCCC3)cc2)ccc1N=C=S. The molecule has 25 heavy (non-hydrogen) atoms. The van der Waals surface area contributed by atoms with E-state index < -0.39 is 5.82 Å². The van der Waals surface area contributed by atoms with Crippen LogP contribution in [0.25, 0.3) is 0 Å². The van der Waals surface area contributed by atoms with Crippen molar-refractivity contribution in [2.45, 2.75) is 19.3 Å². The van der Waals surface area contributed by atoms with Crippen LogP contribution in [0, 0.1) is 17.7 Å². The van der Waals surface area contributed by atoms with Crippen LogP contribution in [0.15, 0.2) is 59.1 Å². The van der Waals surface area contributed by atoms with Crippen LogP contribution in [-0.2, 0) is 0 Å². The first-order valence-electron chi connectivity index (χ1n) is 8.05. The molecule has 2 nitrogen and oxygen atoms in total. The quantitative estimate of drug-likeness (QED) is 0.317. The summed E-state index contributed by atoms with van der Waals surface area (Å²) >= 11 is 4.48. The number of hydrogen-bond donors (Lipinski definition) is 0. The van der Waals surface area contributed by atoms with E-state index in [9.17, 15) is 4.39 Å². The molecule has 3 rings (SSSR count). The fourth-order valence-corrected chi connectivity index (χ4v) is 2.65. The van der Waals surface area contributed by atoms with Gasteiger partial charge in [0.05, 0.1) is 5.16 Å². The zero-order valence-corrected chi connectivity index (χ0v) is 14.4. The lowest BCUT2D eigenvalue weighted by molar-refractivity contribution is 0.349. The predicted octanol–water partition coefficient (Wildman–Crippen LogP) is 5.45. The summed E-state index contributed by atoms with van der Waals surface area (Å²) in [6, 6.07) is 12.2. The second-order valence-electron chi connectivity index (χ2n) is 5.69. The Morgan fingerprint density at radius 1 is 1.08 bits per heavy atom. The van der Waals surface area contributed by atoms with Crippen LogP contribution in [-0.4, -0.2) is 11.8 Å². The lowest BCUT2D eigenvalue weighted by atomic mass is 10.1. The second-order valence-corrected chi connectivity index (χ2v) is 5.87. The van der Waals surface area contributed by atoms with E-state index in [2.05, 4.69) is 40.3 Å². The molecule has 0 heterocycles. The van der Waals surface area contributed by atoms with Crippen LogP contribution in [0.2, 0.25) is 0 Å². The summed E-state index contributed by atoms with van der Waals surface area (Å²) in [6.45, 7) is 0.654. The van der Waals surface area contributed by atoms with Gasteiger partial charge in [0.2, 0.25) is 0 Å². The Balaban J connectivity index is 1.64. The smallest absolute Gasteiger partial charge is 0.150 e. The summed E-state index contributed by atoms with van der Waals surface area (Å²) in [5, 5.41) is 2.15. The molecule has 0 aliphatic heterocycles. The lowest BCUT2D eigenvalue weighted by Crippen LogP contribution is -1.99. The molecule has 0 atom stereocenters. The maximum Gasteiger partial charge on any atom is 0.150 e. The number of ether oxygens (including phenoxy) is 1. The Morgan fingerprint density at radius 3 is 2.52 bits per heavy atom. The number of benzene rings is 2. The maximum atomic E-state index is 13.8. The molecule has 1 aliphatic rings. The third-order valence-corrected chi connectivity index (χ3v) is 3.97. The molecule has 4 heteroatoms. The highest BCUT2D eigenvalue weighted by atomic mass is 32.1. The molecule has 0 unspecified atom stereocenters. The van der Waals surface area contributed by atoms with Gasteiger partial charge in [-0.1, -0.05) is 17.9 Å². The molecule has 124 valence electrons. The highest BCUT2D eigenvalue weighted by Crippen LogP contribution is 2.20. The van der Waals surface area contributed by atoms with Crippen LogP contribution in [0.5, 0.6) is 5.75 Å². The van der Waals surface area contributed by atoms with Crippen LogP contribution in [0.1, 0.15) is 30.4 Å². The summed E-state index contributed by atoms with van der Waals surface area (Å²) in [4.78, 5) is 3.65. The Labute approximate surface area is 152 Å². The summed E-state index contributed by atoms with van der Waals surface area (Å²) in [7, 11) is 0. The van der Waals surface area contributed by atoms with E-state index in [-0.39, 0.29) is 5.69 Å². The number of thiocarbonyl (C=S) groups is 1. The fraction of sp³-hybridized carbons (Fsp3) is 0.190. The molecular formula is C21H16FNOS. The zero-order chi connectivity index (χ0) is 17.5. The van der Waals surface area contributed by atoms with Crippen molar-refractivity contribution in [2.24, 2.45) is 4.99 Å². The molecule has 0 saturated carbocycles. The number of aliphatic imine (C=N–C) groups is 1. The molecule has 2 aromatic carbocycles. The molecular weight excluding hydrogens is 333 g/mol. The van der Waals surface area contributed by atoms with E-state index in [4.69, 9.17) is 4.74 Å². The Hall–Kier alpha value is -2.73. The van der Waals surface area contributed by atoms with Crippen molar-refractivity contribution < 1.29 is 9.13 Å². The summed E-state index contributed by atoms with van der Waals surface area (Å²) < 4.78 is 19.5. The molecule has 0 aromatic heterocycles. The van der Waals surface area contributed by atoms with Crippen molar-refractivity contribution >= 4 is 23.1 Å². The third-order valence-electron chi connectivity index (χ3n) is 3.88. The molecule has 0 radical (unpaired) electrons. The van der Waals surface area contributed by atoms with Gasteiger partial charge in [-0.05, 0) is 79.5 Å². The van der Waals surface area contributed by atoms with Crippen molar-refractivity contribution in [1.82, 2.24) is 0 Å². The summed E-state index contributed by atoms with van der Waals surface area (Å²) in [5.74, 6) is 6.31. The Kier molecular flexibility index (Phi) is 5.74. The number of isothiocyanates is 1. The van der Waals surface area contributed by atoms with Crippen molar-refractivity contribution in [1.29, 1.82) is 0 Å². The minimum atomic E-state index is -0.464. The molecule has 0 bridgehead atoms. The molecule has 2 aromatic rings. The van der Waals surface area contributed by atoms with Crippen molar-refractivity contribution in [3.63, 3.8) is 0 Å². The molecule has 0 fully saturated rings. The fourth-order valence-electron chi connectivity index (χ4n) is 2.55. The van der Waals surface area contributed by atoms with Gasteiger partial charge in [0.15, 0.2) is 5.82 Å². The standard InChI is InChI=1S/C21H16FNOS/c22-20-13-17(9-12-21(20)23-15-25)6-5-16-7-10-19(11-8-16)24-14-18-3-1-2-4-18/h3,7-13H,1-2,4,14H2. The molecule has 0 spiro atoms. The number of rotatable bonds is 4. The first-order chi connectivity index (χ1) is 12.2. The van der Waals surface area contributed by atoms with Gasteiger partial charge < -0.3 is 4.74 Å². The predicted molar refractivity (Wildman–Crippen MR) is 101 cm³/mol. The molecule has 0 N–H and O–H groups in total. The van der Waals surface area contributed by atoms with Crippen molar-refractivity contribution in [3.8, 4) is 17.6 Å². The van der Waals surface area contributed by atoms with Crippen LogP contribution in [0.3, 0.4) is 0 Å². The minimum Gasteiger partial charge on any atom is -0.489 e. The maximum absolute atomic E-state index is 13.8. The molecule has 0 saturated heterocycles. The average Bonchev–Trinajstić information content (AvgIpc) is 3.15. The first kappa shape index (κ1) is 17.1. The second kappa shape index (κ2) is 8.39. The van der Waals surface area contributed by atoms with Gasteiger partial charge in [0.1, 0.15) is 18.0 Å². The minimum absolute atomic E-state index is 0.166. The first-order valence-corrected chi connectivity index (χ1v) is 8.45. The van der Waals surface area contributed by atoms with E-state index in [0.717, 1.165) is 24.2 Å². The van der Waals surface area contributed by atoms with E-state index in [1.54, 1.807) is 6.07 Å². The van der Waals surface area contributed by atoms with Gasteiger partial charge in [-0.25, -0.2) is 4.39 Å². The number of halogens is 1. The van der Waals surface area contributed by atoms with E-state index in [1.165, 1.54) is 24.1 Å². The van der Waals surface area contributed by atoms with Crippen molar-refractivity contribution in [2.75, 3.05) is 6.61 Å². The van der Waals surface area contributed by atoms with E-state index in [1.807, 2.05) is 24.3 Å². The van der Waals surface area contributed by atoms with Gasteiger partial charge in [-0.15, -0.1) is 0 Å². The van der Waals surface area contributed by atoms with E-state index in [0.29, 0.717) is 12.2 Å². The Morgan fingerprint density at radius 2 is 1.84 bits per heavy atom. The van der Waals surface area contributed by atoms with E-state index >= 15 is 0 Å². The van der Waals surface area contributed by atoms with Crippen LogP contribution < -0.4 is 4.74 Å². The van der Waals surface area contributed by atoms with Gasteiger partial charge in [-0.2, -0.15) is 4.99 Å². The number of nitrogens with zero attached hydrogens (tertiary/aromatic N) is 1. The van der Waals surface area contributed by atoms with Gasteiger partial charge in [0, 0.05) is 11.1 Å². The monoisotopic (exact) mass is 349 g/mol. The zero-order valence-electron chi connectivity index (χ0n) is 13.6. The van der Waals surface area contributed by atoms with Gasteiger partial charge in [-0.3, -0.25) is 0 Å². The summed E-state index contributed by atoms with van der Waals surface area (Å²) in [6.07, 6.45) is 5.77. The van der Waals surface area contributed by atoms with Gasteiger partial charge in [0.25, 0.3) is 0 Å². The van der Waals surface area contributed by atoms with Crippen LogP contribution >= 0.6 is 12.2 Å². The number of allylic oxidation sites excluding steroid dienone is 1. The van der Waals surface area contributed by atoms with Crippen LogP contribution in [0.4, 0.5) is 10.1 Å². The van der Waals surface area contributed by atoms with Gasteiger partial charge >= 0.3 is 0 Å². The highest BCUT2D eigenvalue weighted by Gasteiger charge is 2.05. The van der Waals surface area contributed by atoms with Crippen molar-refractivity contribution in [3.05, 3.63) is 71.1 Å². The topological polar surface area (TPSA) is 21.6 Å². The molecule has 1 aliphatic carbocycles. The lowest BCUT2D eigenvalue weighted by Gasteiger charge is -2.06. The summed E-state index contributed by atoms with van der Waals surface area (Å²) in [5.41, 5.74) is 2.95. The average molecular weight is 349 g/mol. The molecule has 0 amide bonds. The largest absolute Gasteiger partial charge is 0.489 e. The number of hydrogen-bond acceptors (Lipinski definition) is 3. The highest BCUT2D eigenvalue weighted by molar-refractivity contribution is 7.78. The Bertz CT molecular complexity index is 900. The normalized spacial score (nSPS) is 12.6. The third kappa shape index (κ3) is 4.87.